The van der Waals surface area contributed by atoms with Crippen LogP contribution in [-0.2, 0) is 0 Å². The van der Waals surface area contributed by atoms with Gasteiger partial charge >= 0.3 is 0 Å². The van der Waals surface area contributed by atoms with Crippen LogP contribution >= 0.6 is 0 Å². The van der Waals surface area contributed by atoms with Gasteiger partial charge in [-0.25, -0.2) is 0 Å². The third-order valence-electron chi connectivity index (χ3n) is 5.74. The summed E-state index contributed by atoms with van der Waals surface area (Å²) < 4.78 is 9.39. The molecule has 4 rings (SSSR count). The summed E-state index contributed by atoms with van der Waals surface area (Å²) in [5.41, 5.74) is 6.95. The van der Waals surface area contributed by atoms with E-state index in [4.69, 9.17) is 0 Å². The molecule has 1 atom stereocenters. The van der Waals surface area contributed by atoms with Crippen LogP contribution in [0.15, 0.2) is 103 Å². The zero-order valence-corrected chi connectivity index (χ0v) is 19.3. The van der Waals surface area contributed by atoms with E-state index < -0.39 is 14.0 Å². The SMILES string of the molecule is [2H]C(C)(c1ccccc1)c1cc(-c2cccc(-c3ccccc3)c2)ccc1[Si](C)(C)C. The lowest BCUT2D eigenvalue weighted by molar-refractivity contribution is 0.929. The zero-order valence-electron chi connectivity index (χ0n) is 19.3. The Morgan fingerprint density at radius 2 is 1.13 bits per heavy atom. The van der Waals surface area contributed by atoms with Crippen LogP contribution in [0.25, 0.3) is 22.3 Å². The normalized spacial score (nSPS) is 14.1. The smallest absolute Gasteiger partial charge is 0.0656 e. The zero-order chi connectivity index (χ0) is 22.1. The lowest BCUT2D eigenvalue weighted by Gasteiger charge is -2.26. The molecule has 0 N–H and O–H groups in total. The van der Waals surface area contributed by atoms with E-state index in [9.17, 15) is 1.37 Å². The first kappa shape index (κ1) is 19.1. The van der Waals surface area contributed by atoms with E-state index in [1.54, 1.807) is 0 Å². The maximum Gasteiger partial charge on any atom is 0.0779 e. The van der Waals surface area contributed by atoms with Gasteiger partial charge in [0.2, 0.25) is 0 Å². The number of hydrogen-bond donors (Lipinski definition) is 0. The molecule has 30 heavy (non-hydrogen) atoms. The highest BCUT2D eigenvalue weighted by Gasteiger charge is 2.24. The van der Waals surface area contributed by atoms with Crippen LogP contribution in [-0.4, -0.2) is 8.07 Å². The van der Waals surface area contributed by atoms with Crippen molar-refractivity contribution >= 4 is 13.3 Å². The van der Waals surface area contributed by atoms with Crippen molar-refractivity contribution in [2.24, 2.45) is 0 Å². The molecule has 150 valence electrons. The maximum absolute atomic E-state index is 9.39. The molecule has 0 saturated carbocycles. The van der Waals surface area contributed by atoms with Crippen LogP contribution in [0.4, 0.5) is 0 Å². The summed E-state index contributed by atoms with van der Waals surface area (Å²) in [6.07, 6.45) is 0. The van der Waals surface area contributed by atoms with Gasteiger partial charge in [-0.2, -0.15) is 0 Å². The summed E-state index contributed by atoms with van der Waals surface area (Å²) >= 11 is 0. The molecule has 0 bridgehead atoms. The highest BCUT2D eigenvalue weighted by atomic mass is 28.3. The van der Waals surface area contributed by atoms with Gasteiger partial charge in [0, 0.05) is 7.26 Å². The average molecular weight is 408 g/mol. The molecule has 0 saturated heterocycles. The summed E-state index contributed by atoms with van der Waals surface area (Å²) in [5.74, 6) is -0.802. The average Bonchev–Trinajstić information content (AvgIpc) is 2.79. The highest BCUT2D eigenvalue weighted by Crippen LogP contribution is 2.31. The standard InChI is InChI=1S/C29H30Si/c1-22(23-12-7-5-8-13-23)28-21-27(18-19-29(28)30(2,3)4)26-17-11-16-25(20-26)24-14-9-6-10-15-24/h5-22H,1-4H3/i22D. The fourth-order valence-corrected chi connectivity index (χ4v) is 5.69. The maximum atomic E-state index is 9.39. The molecule has 4 aromatic rings. The molecule has 0 amide bonds. The van der Waals surface area contributed by atoms with E-state index in [0.29, 0.717) is 0 Å². The van der Waals surface area contributed by atoms with E-state index in [1.165, 1.54) is 27.4 Å². The van der Waals surface area contributed by atoms with Gasteiger partial charge in [0.05, 0.1) is 8.07 Å². The van der Waals surface area contributed by atoms with E-state index in [1.807, 2.05) is 31.2 Å². The second-order valence-corrected chi connectivity index (χ2v) is 14.0. The Morgan fingerprint density at radius 3 is 1.77 bits per heavy atom. The summed E-state index contributed by atoms with van der Waals surface area (Å²) in [6.45, 7) is 9.12. The second kappa shape index (κ2) is 8.45. The highest BCUT2D eigenvalue weighted by molar-refractivity contribution is 6.89. The molecule has 1 unspecified atom stereocenters. The van der Waals surface area contributed by atoms with E-state index >= 15 is 0 Å². The molecular formula is C29H30Si. The fourth-order valence-electron chi connectivity index (χ4n) is 4.04. The molecule has 0 radical (unpaired) electrons. The summed E-state index contributed by atoms with van der Waals surface area (Å²) in [6, 6.07) is 36.2. The third kappa shape index (κ3) is 4.32. The Morgan fingerprint density at radius 1 is 0.600 bits per heavy atom. The van der Waals surface area contributed by atoms with Crippen molar-refractivity contribution in [2.75, 3.05) is 0 Å². The van der Waals surface area contributed by atoms with Crippen LogP contribution < -0.4 is 5.19 Å². The van der Waals surface area contributed by atoms with Crippen molar-refractivity contribution in [3.05, 3.63) is 114 Å². The first-order valence-electron chi connectivity index (χ1n) is 11.1. The first-order chi connectivity index (χ1) is 14.8. The Hall–Kier alpha value is -2.90. The Bertz CT molecular complexity index is 1170. The minimum Gasteiger partial charge on any atom is -0.0656 e. The molecule has 1 heteroatoms. The van der Waals surface area contributed by atoms with Crippen molar-refractivity contribution in [3.63, 3.8) is 0 Å². The molecule has 0 aliphatic rings. The topological polar surface area (TPSA) is 0 Å². The quantitative estimate of drug-likeness (QED) is 0.297. The van der Waals surface area contributed by atoms with Gasteiger partial charge in [-0.1, -0.05) is 129 Å². The minimum atomic E-state index is -1.63. The van der Waals surface area contributed by atoms with Crippen LogP contribution in [0, 0.1) is 0 Å². The van der Waals surface area contributed by atoms with Gasteiger partial charge in [0.25, 0.3) is 0 Å². The van der Waals surface area contributed by atoms with Crippen molar-refractivity contribution < 1.29 is 1.37 Å². The van der Waals surface area contributed by atoms with Crippen molar-refractivity contribution in [3.8, 4) is 22.3 Å². The van der Waals surface area contributed by atoms with Gasteiger partial charge in [0.1, 0.15) is 0 Å². The molecule has 0 aliphatic carbocycles. The molecule has 0 heterocycles. The van der Waals surface area contributed by atoms with E-state index in [0.717, 1.165) is 11.1 Å². The fraction of sp³-hybridized carbons (Fsp3) is 0.172. The number of hydrogen-bond acceptors (Lipinski definition) is 0. The third-order valence-corrected chi connectivity index (χ3v) is 7.79. The van der Waals surface area contributed by atoms with Gasteiger partial charge in [0.15, 0.2) is 0 Å². The van der Waals surface area contributed by atoms with E-state index in [-0.39, 0.29) is 0 Å². The number of rotatable bonds is 5. The summed E-state index contributed by atoms with van der Waals surface area (Å²) in [5, 5.41) is 1.36. The molecule has 0 spiro atoms. The summed E-state index contributed by atoms with van der Waals surface area (Å²) in [7, 11) is -1.63. The monoisotopic (exact) mass is 407 g/mol. The van der Waals surface area contributed by atoms with Crippen LogP contribution in [0.3, 0.4) is 0 Å². The van der Waals surface area contributed by atoms with Gasteiger partial charge in [-0.3, -0.25) is 0 Å². The lowest BCUT2D eigenvalue weighted by atomic mass is 9.90. The largest absolute Gasteiger partial charge is 0.0779 e. The molecule has 0 nitrogen and oxygen atoms in total. The number of benzene rings is 4. The van der Waals surface area contributed by atoms with Gasteiger partial charge in [-0.15, -0.1) is 0 Å². The first-order valence-corrected chi connectivity index (χ1v) is 14.1. The Balaban J connectivity index is 1.86. The van der Waals surface area contributed by atoms with E-state index in [2.05, 4.69) is 98.5 Å². The van der Waals surface area contributed by atoms with Crippen LogP contribution in [0.1, 0.15) is 25.3 Å². The summed E-state index contributed by atoms with van der Waals surface area (Å²) in [4.78, 5) is 0. The van der Waals surface area contributed by atoms with Crippen LogP contribution in [0.2, 0.25) is 19.6 Å². The predicted octanol–water partition coefficient (Wildman–Crippen LogP) is 7.72. The van der Waals surface area contributed by atoms with Crippen molar-refractivity contribution in [2.45, 2.75) is 32.5 Å². The predicted molar refractivity (Wildman–Crippen MR) is 134 cm³/mol. The molecule has 0 fully saturated rings. The van der Waals surface area contributed by atoms with Gasteiger partial charge < -0.3 is 0 Å². The van der Waals surface area contributed by atoms with Crippen LogP contribution in [0.5, 0.6) is 0 Å². The minimum absolute atomic E-state index is 0.802. The Labute approximate surface area is 183 Å². The molecule has 0 aromatic heterocycles. The van der Waals surface area contributed by atoms with Crippen molar-refractivity contribution in [1.82, 2.24) is 0 Å². The molecular weight excluding hydrogens is 376 g/mol. The van der Waals surface area contributed by atoms with Gasteiger partial charge in [-0.05, 0) is 39.4 Å². The molecule has 4 aromatic carbocycles. The Kier molecular flexibility index (Phi) is 5.38. The lowest BCUT2D eigenvalue weighted by Crippen LogP contribution is -2.40. The van der Waals surface area contributed by atoms with Crippen molar-refractivity contribution in [1.29, 1.82) is 0 Å². The second-order valence-electron chi connectivity index (χ2n) is 8.95. The molecule has 0 aliphatic heterocycles.